The predicted molar refractivity (Wildman–Crippen MR) is 95.3 cm³/mol. The van der Waals surface area contributed by atoms with Crippen LogP contribution in [0.3, 0.4) is 0 Å². The molecule has 0 unspecified atom stereocenters. The number of likely N-dealkylation sites (tertiary alicyclic amines) is 1. The van der Waals surface area contributed by atoms with Crippen LogP contribution in [0.4, 0.5) is 4.39 Å². The number of benzene rings is 1. The van der Waals surface area contributed by atoms with Gasteiger partial charge in [0.05, 0.1) is 6.20 Å². The topological polar surface area (TPSA) is 25.4 Å². The second-order valence-corrected chi connectivity index (χ2v) is 5.50. The lowest BCUT2D eigenvalue weighted by molar-refractivity contribution is 0.198. The Balaban J connectivity index is 0.00000132. The maximum absolute atomic E-state index is 13.0. The average molecular weight is 359 g/mol. The van der Waals surface area contributed by atoms with Gasteiger partial charge in [-0.3, -0.25) is 4.98 Å². The Labute approximate surface area is 148 Å². The summed E-state index contributed by atoms with van der Waals surface area (Å²) in [5, 5.41) is 0. The van der Waals surface area contributed by atoms with Crippen molar-refractivity contribution < 1.29 is 9.13 Å². The molecule has 126 valence electrons. The molecule has 0 radical (unpaired) electrons. The number of ether oxygens (including phenoxy) is 1. The summed E-state index contributed by atoms with van der Waals surface area (Å²) in [6.07, 6.45) is 5.91. The van der Waals surface area contributed by atoms with Crippen molar-refractivity contribution in [2.45, 2.75) is 18.9 Å². The van der Waals surface area contributed by atoms with E-state index in [2.05, 4.69) is 16.9 Å². The predicted octanol–water partition coefficient (Wildman–Crippen LogP) is 4.20. The molecule has 1 aromatic heterocycles. The van der Waals surface area contributed by atoms with Gasteiger partial charge in [-0.25, -0.2) is 4.39 Å². The smallest absolute Gasteiger partial charge is 0.138 e. The molecule has 0 bridgehead atoms. The highest BCUT2D eigenvalue weighted by Gasteiger charge is 2.21. The van der Waals surface area contributed by atoms with Gasteiger partial charge in [0.1, 0.15) is 18.2 Å². The number of pyridine rings is 1. The first-order chi connectivity index (χ1) is 10.2. The fourth-order valence-electron chi connectivity index (χ4n) is 2.68. The van der Waals surface area contributed by atoms with E-state index >= 15 is 0 Å². The van der Waals surface area contributed by atoms with Gasteiger partial charge in [-0.2, -0.15) is 0 Å². The summed E-state index contributed by atoms with van der Waals surface area (Å²) in [7, 11) is 2.13. The summed E-state index contributed by atoms with van der Waals surface area (Å²) >= 11 is 0. The Hall–Kier alpha value is -1.36. The molecular formula is C17H21Cl2FN2O. The highest BCUT2D eigenvalue weighted by atomic mass is 35.5. The molecule has 2 aromatic rings. The summed E-state index contributed by atoms with van der Waals surface area (Å²) in [5.74, 6) is 0.528. The molecule has 0 amide bonds. The van der Waals surface area contributed by atoms with E-state index in [-0.39, 0.29) is 30.6 Å². The minimum atomic E-state index is -0.233. The van der Waals surface area contributed by atoms with Crippen molar-refractivity contribution in [2.24, 2.45) is 0 Å². The number of rotatable bonds is 4. The zero-order valence-corrected chi connectivity index (χ0v) is 14.6. The first-order valence-electron chi connectivity index (χ1n) is 7.26. The molecule has 6 heteroatoms. The molecule has 1 aliphatic heterocycles. The Morgan fingerprint density at radius 3 is 2.57 bits per heavy atom. The van der Waals surface area contributed by atoms with Crippen LogP contribution in [0.1, 0.15) is 12.8 Å². The number of hydrogen-bond donors (Lipinski definition) is 0. The van der Waals surface area contributed by atoms with Crippen LogP contribution in [0.5, 0.6) is 5.75 Å². The van der Waals surface area contributed by atoms with Crippen molar-refractivity contribution in [3.63, 3.8) is 0 Å². The first-order valence-corrected chi connectivity index (χ1v) is 7.26. The minimum Gasteiger partial charge on any atom is -0.490 e. The van der Waals surface area contributed by atoms with Crippen molar-refractivity contribution in [1.82, 2.24) is 9.88 Å². The van der Waals surface area contributed by atoms with Crippen LogP contribution >= 0.6 is 24.8 Å². The summed E-state index contributed by atoms with van der Waals surface area (Å²) in [6.45, 7) is 1.83. The standard InChI is InChI=1S/C17H19FN2O.2ClH/c1-20-8-2-3-16(20)12-21-17-9-14(10-19-11-17)13-4-6-15(18)7-5-13;;/h4-7,9-11,16H,2-3,8,12H2,1H3;2*1H/t16-;;/m0../s1. The van der Waals surface area contributed by atoms with Crippen molar-refractivity contribution >= 4 is 24.8 Å². The number of hydrogen-bond acceptors (Lipinski definition) is 3. The summed E-state index contributed by atoms with van der Waals surface area (Å²) in [5.41, 5.74) is 1.87. The third-order valence-corrected chi connectivity index (χ3v) is 4.00. The van der Waals surface area contributed by atoms with Crippen LogP contribution in [0.2, 0.25) is 0 Å². The molecule has 1 atom stereocenters. The van der Waals surface area contributed by atoms with Crippen LogP contribution < -0.4 is 4.74 Å². The Bertz CT molecular complexity index is 610. The van der Waals surface area contributed by atoms with E-state index in [1.54, 1.807) is 24.5 Å². The molecule has 1 fully saturated rings. The van der Waals surface area contributed by atoms with Crippen molar-refractivity contribution in [3.8, 4) is 16.9 Å². The number of nitrogens with zero attached hydrogens (tertiary/aromatic N) is 2. The molecule has 23 heavy (non-hydrogen) atoms. The minimum absolute atomic E-state index is 0. The van der Waals surface area contributed by atoms with Crippen molar-refractivity contribution in [2.75, 3.05) is 20.2 Å². The second kappa shape index (κ2) is 9.06. The third kappa shape index (κ3) is 5.06. The van der Waals surface area contributed by atoms with E-state index in [0.717, 1.165) is 23.4 Å². The molecule has 1 aliphatic rings. The Morgan fingerprint density at radius 1 is 1.17 bits per heavy atom. The van der Waals surface area contributed by atoms with Gasteiger partial charge < -0.3 is 9.64 Å². The molecule has 3 nitrogen and oxygen atoms in total. The van der Waals surface area contributed by atoms with Crippen LogP contribution in [0.15, 0.2) is 42.7 Å². The SMILES string of the molecule is CN1CCC[C@H]1COc1cncc(-c2ccc(F)cc2)c1.Cl.Cl. The van der Waals surface area contributed by atoms with Gasteiger partial charge in [0.25, 0.3) is 0 Å². The lowest BCUT2D eigenvalue weighted by Gasteiger charge is -2.19. The zero-order chi connectivity index (χ0) is 14.7. The van der Waals surface area contributed by atoms with E-state index in [4.69, 9.17) is 4.74 Å². The van der Waals surface area contributed by atoms with Gasteiger partial charge in [0.2, 0.25) is 0 Å². The largest absolute Gasteiger partial charge is 0.490 e. The molecule has 1 saturated heterocycles. The van der Waals surface area contributed by atoms with Gasteiger partial charge in [-0.05, 0) is 50.2 Å². The zero-order valence-electron chi connectivity index (χ0n) is 12.9. The fraction of sp³-hybridized carbons (Fsp3) is 0.353. The molecule has 1 aromatic carbocycles. The average Bonchev–Trinajstić information content (AvgIpc) is 2.91. The molecule has 0 spiro atoms. The van der Waals surface area contributed by atoms with Gasteiger partial charge in [-0.1, -0.05) is 12.1 Å². The Kier molecular flexibility index (Phi) is 7.76. The number of halogens is 3. The summed E-state index contributed by atoms with van der Waals surface area (Å²) in [6, 6.07) is 8.85. The first kappa shape index (κ1) is 19.7. The summed E-state index contributed by atoms with van der Waals surface area (Å²) in [4.78, 5) is 6.55. The highest BCUT2D eigenvalue weighted by molar-refractivity contribution is 5.85. The van der Waals surface area contributed by atoms with Crippen LogP contribution in [0.25, 0.3) is 11.1 Å². The van der Waals surface area contributed by atoms with E-state index in [1.807, 2.05) is 6.07 Å². The second-order valence-electron chi connectivity index (χ2n) is 5.50. The lowest BCUT2D eigenvalue weighted by atomic mass is 10.1. The highest BCUT2D eigenvalue weighted by Crippen LogP contribution is 2.23. The van der Waals surface area contributed by atoms with Crippen molar-refractivity contribution in [3.05, 3.63) is 48.5 Å². The number of likely N-dealkylation sites (N-methyl/N-ethyl adjacent to an activating group) is 1. The van der Waals surface area contributed by atoms with E-state index in [9.17, 15) is 4.39 Å². The molecule has 3 rings (SSSR count). The monoisotopic (exact) mass is 358 g/mol. The van der Waals surface area contributed by atoms with Crippen LogP contribution in [0, 0.1) is 5.82 Å². The third-order valence-electron chi connectivity index (χ3n) is 4.00. The molecular weight excluding hydrogens is 338 g/mol. The van der Waals surface area contributed by atoms with Gasteiger partial charge >= 0.3 is 0 Å². The normalized spacial score (nSPS) is 17.2. The van der Waals surface area contributed by atoms with Gasteiger partial charge in [-0.15, -0.1) is 24.8 Å². The van der Waals surface area contributed by atoms with Crippen LogP contribution in [-0.2, 0) is 0 Å². The van der Waals surface area contributed by atoms with Gasteiger partial charge in [0, 0.05) is 17.8 Å². The molecule has 0 N–H and O–H groups in total. The Morgan fingerprint density at radius 2 is 1.91 bits per heavy atom. The molecule has 2 heterocycles. The summed E-state index contributed by atoms with van der Waals surface area (Å²) < 4.78 is 18.8. The molecule has 0 aliphatic carbocycles. The van der Waals surface area contributed by atoms with Gasteiger partial charge in [0.15, 0.2) is 0 Å². The maximum Gasteiger partial charge on any atom is 0.138 e. The lowest BCUT2D eigenvalue weighted by Crippen LogP contribution is -2.30. The van der Waals surface area contributed by atoms with Crippen LogP contribution in [-0.4, -0.2) is 36.1 Å². The quantitative estimate of drug-likeness (QED) is 0.818. The van der Waals surface area contributed by atoms with E-state index < -0.39 is 0 Å². The fourth-order valence-corrected chi connectivity index (χ4v) is 2.68. The van der Waals surface area contributed by atoms with Crippen molar-refractivity contribution in [1.29, 1.82) is 0 Å². The molecule has 0 saturated carbocycles. The maximum atomic E-state index is 13.0. The van der Waals surface area contributed by atoms with E-state index in [1.165, 1.54) is 25.0 Å². The van der Waals surface area contributed by atoms with E-state index in [0.29, 0.717) is 12.6 Å². The number of aromatic nitrogens is 1.